The predicted molar refractivity (Wildman–Crippen MR) is 76.5 cm³/mol. The Morgan fingerprint density at radius 2 is 2.28 bits per heavy atom. The van der Waals surface area contributed by atoms with Gasteiger partial charge in [0.25, 0.3) is 0 Å². The number of nitrogens with zero attached hydrogens (tertiary/aromatic N) is 1. The fraction of sp³-hybridized carbons (Fsp3) is 0.600. The summed E-state index contributed by atoms with van der Waals surface area (Å²) in [4.78, 5) is 3.92. The summed E-state index contributed by atoms with van der Waals surface area (Å²) in [5.41, 5.74) is 1.03. The second-order valence-electron chi connectivity index (χ2n) is 5.24. The molecule has 2 rings (SSSR count). The van der Waals surface area contributed by atoms with Gasteiger partial charge >= 0.3 is 0 Å². The monoisotopic (exact) mass is 263 g/mol. The van der Waals surface area contributed by atoms with Crippen LogP contribution in [0.2, 0.25) is 0 Å². The smallest absolute Gasteiger partial charge is 0.104 e. The van der Waals surface area contributed by atoms with Crippen molar-refractivity contribution in [2.75, 3.05) is 19.7 Å². The molecule has 1 aromatic rings. The van der Waals surface area contributed by atoms with Crippen molar-refractivity contribution < 1.29 is 5.11 Å². The van der Waals surface area contributed by atoms with Gasteiger partial charge in [0.1, 0.15) is 6.61 Å². The highest BCUT2D eigenvalue weighted by Crippen LogP contribution is 2.25. The lowest BCUT2D eigenvalue weighted by atomic mass is 9.89. The van der Waals surface area contributed by atoms with Crippen LogP contribution in [0.4, 0.5) is 0 Å². The largest absolute Gasteiger partial charge is 0.384 e. The van der Waals surface area contributed by atoms with Crippen molar-refractivity contribution in [2.24, 2.45) is 11.8 Å². The van der Waals surface area contributed by atoms with Gasteiger partial charge in [-0.05, 0) is 30.9 Å². The molecule has 0 aromatic carbocycles. The zero-order valence-corrected chi connectivity index (χ0v) is 12.0. The molecule has 2 heterocycles. The van der Waals surface area contributed by atoms with Gasteiger partial charge in [0.05, 0.1) is 0 Å². The molecule has 1 fully saturated rings. The van der Waals surface area contributed by atoms with Crippen LogP contribution in [0.25, 0.3) is 0 Å². The van der Waals surface area contributed by atoms with E-state index in [0.29, 0.717) is 0 Å². The van der Waals surface area contributed by atoms with Gasteiger partial charge in [0.15, 0.2) is 0 Å². The van der Waals surface area contributed by atoms with Gasteiger partial charge in [0.2, 0.25) is 0 Å². The maximum absolute atomic E-state index is 8.67. The number of aliphatic hydroxyl groups is 1. The third-order valence-electron chi connectivity index (χ3n) is 3.76. The van der Waals surface area contributed by atoms with E-state index in [4.69, 9.17) is 5.11 Å². The van der Waals surface area contributed by atoms with Gasteiger partial charge in [-0.2, -0.15) is 0 Å². The van der Waals surface area contributed by atoms with Crippen LogP contribution in [-0.2, 0) is 6.54 Å². The molecule has 1 aliphatic rings. The van der Waals surface area contributed by atoms with Crippen LogP contribution < -0.4 is 0 Å². The predicted octanol–water partition coefficient (Wildman–Crippen LogP) is 2.57. The van der Waals surface area contributed by atoms with Crippen LogP contribution in [0.1, 0.15) is 30.7 Å². The average Bonchev–Trinajstić information content (AvgIpc) is 2.79. The molecule has 0 aliphatic carbocycles. The van der Waals surface area contributed by atoms with Crippen molar-refractivity contribution in [3.8, 4) is 11.8 Å². The van der Waals surface area contributed by atoms with Gasteiger partial charge in [-0.1, -0.05) is 25.7 Å². The minimum absolute atomic E-state index is 0.0628. The number of rotatable bonds is 2. The molecule has 0 radical (unpaired) electrons. The molecule has 2 unspecified atom stereocenters. The number of hydrogen-bond acceptors (Lipinski definition) is 3. The normalized spacial score (nSPS) is 24.6. The zero-order valence-electron chi connectivity index (χ0n) is 11.1. The van der Waals surface area contributed by atoms with Crippen LogP contribution in [0.5, 0.6) is 0 Å². The maximum atomic E-state index is 8.67. The van der Waals surface area contributed by atoms with E-state index in [0.717, 1.165) is 23.9 Å². The highest BCUT2D eigenvalue weighted by molar-refractivity contribution is 7.10. The number of thiophene rings is 1. The number of hydrogen-bond donors (Lipinski definition) is 1. The molecule has 1 N–H and O–H groups in total. The van der Waals surface area contributed by atoms with Crippen molar-refractivity contribution in [2.45, 2.75) is 26.8 Å². The van der Waals surface area contributed by atoms with Crippen LogP contribution in [0.15, 0.2) is 11.4 Å². The minimum atomic E-state index is -0.0628. The second kappa shape index (κ2) is 6.38. The molecule has 98 valence electrons. The van der Waals surface area contributed by atoms with E-state index >= 15 is 0 Å². The second-order valence-corrected chi connectivity index (χ2v) is 6.24. The first-order valence-corrected chi connectivity index (χ1v) is 7.46. The van der Waals surface area contributed by atoms with Crippen molar-refractivity contribution in [1.82, 2.24) is 4.90 Å². The van der Waals surface area contributed by atoms with E-state index in [1.54, 1.807) is 11.3 Å². The Hall–Kier alpha value is -0.820. The Balaban J connectivity index is 1.91. The number of piperidine rings is 1. The Bertz CT molecular complexity index is 443. The molecule has 3 heteroatoms. The lowest BCUT2D eigenvalue weighted by Gasteiger charge is -2.34. The van der Waals surface area contributed by atoms with E-state index in [9.17, 15) is 0 Å². The van der Waals surface area contributed by atoms with E-state index in [2.05, 4.69) is 42.0 Å². The molecule has 18 heavy (non-hydrogen) atoms. The summed E-state index contributed by atoms with van der Waals surface area (Å²) in [5.74, 6) is 7.31. The van der Waals surface area contributed by atoms with Crippen molar-refractivity contribution in [3.05, 3.63) is 21.9 Å². The van der Waals surface area contributed by atoms with E-state index in [-0.39, 0.29) is 6.61 Å². The van der Waals surface area contributed by atoms with Crippen LogP contribution >= 0.6 is 11.3 Å². The summed E-state index contributed by atoms with van der Waals surface area (Å²) in [6.07, 6.45) is 1.31. The first kappa shape index (κ1) is 13.6. The standard InChI is InChI=1S/C15H21NOS/c1-12-5-6-16(9-13(12)2)10-15-8-14(11-18-15)4-3-7-17/h8,11-13,17H,5-7,9-10H2,1-2H3. The highest BCUT2D eigenvalue weighted by atomic mass is 32.1. The lowest BCUT2D eigenvalue weighted by Crippen LogP contribution is -2.37. The first-order valence-electron chi connectivity index (χ1n) is 6.58. The molecule has 0 amide bonds. The zero-order chi connectivity index (χ0) is 13.0. The number of aliphatic hydroxyl groups excluding tert-OH is 1. The Morgan fingerprint density at radius 3 is 3.00 bits per heavy atom. The summed E-state index contributed by atoms with van der Waals surface area (Å²) < 4.78 is 0. The third kappa shape index (κ3) is 3.58. The lowest BCUT2D eigenvalue weighted by molar-refractivity contribution is 0.133. The molecule has 1 aromatic heterocycles. The highest BCUT2D eigenvalue weighted by Gasteiger charge is 2.22. The molecule has 1 saturated heterocycles. The Labute approximate surface area is 114 Å². The van der Waals surface area contributed by atoms with Crippen molar-refractivity contribution in [3.63, 3.8) is 0 Å². The molecule has 0 spiro atoms. The fourth-order valence-corrected chi connectivity index (χ4v) is 3.24. The summed E-state index contributed by atoms with van der Waals surface area (Å²) in [6, 6.07) is 2.15. The number of likely N-dealkylation sites (tertiary alicyclic amines) is 1. The van der Waals surface area contributed by atoms with E-state index in [1.807, 2.05) is 0 Å². The van der Waals surface area contributed by atoms with Crippen LogP contribution in [0.3, 0.4) is 0 Å². The van der Waals surface area contributed by atoms with E-state index in [1.165, 1.54) is 24.4 Å². The fourth-order valence-electron chi connectivity index (χ4n) is 2.38. The minimum Gasteiger partial charge on any atom is -0.384 e. The molecule has 2 nitrogen and oxygen atoms in total. The molecular weight excluding hydrogens is 242 g/mol. The molecule has 0 saturated carbocycles. The Morgan fingerprint density at radius 1 is 1.44 bits per heavy atom. The van der Waals surface area contributed by atoms with Crippen LogP contribution in [0, 0.1) is 23.7 Å². The van der Waals surface area contributed by atoms with Gasteiger partial charge in [0, 0.05) is 28.9 Å². The van der Waals surface area contributed by atoms with Gasteiger partial charge < -0.3 is 5.11 Å². The van der Waals surface area contributed by atoms with Gasteiger partial charge in [-0.15, -0.1) is 11.3 Å². The summed E-state index contributed by atoms with van der Waals surface area (Å²) in [6.45, 7) is 8.10. The molecule has 1 aliphatic heterocycles. The summed E-state index contributed by atoms with van der Waals surface area (Å²) >= 11 is 1.77. The van der Waals surface area contributed by atoms with Gasteiger partial charge in [-0.3, -0.25) is 4.90 Å². The first-order chi connectivity index (χ1) is 8.69. The van der Waals surface area contributed by atoms with Crippen molar-refractivity contribution in [1.29, 1.82) is 0 Å². The van der Waals surface area contributed by atoms with Crippen LogP contribution in [-0.4, -0.2) is 29.7 Å². The third-order valence-corrected chi connectivity index (χ3v) is 4.68. The summed E-state index contributed by atoms with van der Waals surface area (Å²) in [7, 11) is 0. The van der Waals surface area contributed by atoms with Crippen molar-refractivity contribution >= 4 is 11.3 Å². The average molecular weight is 263 g/mol. The quantitative estimate of drug-likeness (QED) is 0.829. The molecular formula is C15H21NOS. The maximum Gasteiger partial charge on any atom is 0.104 e. The SMILES string of the molecule is CC1CCN(Cc2cc(C#CCO)cs2)CC1C. The Kier molecular flexibility index (Phi) is 4.82. The molecule has 0 bridgehead atoms. The topological polar surface area (TPSA) is 23.5 Å². The van der Waals surface area contributed by atoms with Gasteiger partial charge in [-0.25, -0.2) is 0 Å². The van der Waals surface area contributed by atoms with E-state index < -0.39 is 0 Å². The molecule has 2 atom stereocenters. The summed E-state index contributed by atoms with van der Waals surface area (Å²) in [5, 5.41) is 10.7.